The first-order valence-electron chi connectivity index (χ1n) is 8.11. The van der Waals surface area contributed by atoms with Crippen molar-refractivity contribution in [1.29, 1.82) is 0 Å². The van der Waals surface area contributed by atoms with Crippen LogP contribution in [0.3, 0.4) is 0 Å². The van der Waals surface area contributed by atoms with E-state index in [1.165, 1.54) is 12.1 Å². The summed E-state index contributed by atoms with van der Waals surface area (Å²) in [6, 6.07) is 10.1. The Morgan fingerprint density at radius 1 is 1.04 bits per heavy atom. The van der Waals surface area contributed by atoms with Gasteiger partial charge in [0, 0.05) is 38.3 Å². The summed E-state index contributed by atoms with van der Waals surface area (Å²) in [6.07, 6.45) is 0.194. The fourth-order valence-electron chi connectivity index (χ4n) is 2.88. The van der Waals surface area contributed by atoms with E-state index in [0.29, 0.717) is 6.54 Å². The Labute approximate surface area is 140 Å². The van der Waals surface area contributed by atoms with Crippen LogP contribution in [0.4, 0.5) is 4.39 Å². The molecule has 2 aromatic rings. The highest BCUT2D eigenvalue weighted by molar-refractivity contribution is 5.66. The number of aliphatic carboxylic acids is 1. The van der Waals surface area contributed by atoms with Gasteiger partial charge in [-0.05, 0) is 36.4 Å². The maximum absolute atomic E-state index is 13.0. The first-order chi connectivity index (χ1) is 11.6. The van der Waals surface area contributed by atoms with Gasteiger partial charge in [0.25, 0.3) is 0 Å². The van der Waals surface area contributed by atoms with Crippen molar-refractivity contribution in [1.82, 2.24) is 9.80 Å². The maximum Gasteiger partial charge on any atom is 0.304 e. The highest BCUT2D eigenvalue weighted by atomic mass is 19.1. The molecule has 0 spiro atoms. The van der Waals surface area contributed by atoms with Crippen molar-refractivity contribution in [3.05, 3.63) is 48.0 Å². The van der Waals surface area contributed by atoms with Gasteiger partial charge in [-0.1, -0.05) is 0 Å². The zero-order valence-corrected chi connectivity index (χ0v) is 13.4. The molecule has 0 bridgehead atoms. The van der Waals surface area contributed by atoms with Gasteiger partial charge >= 0.3 is 5.97 Å². The molecule has 1 fully saturated rings. The number of benzene rings is 1. The smallest absolute Gasteiger partial charge is 0.304 e. The Balaban J connectivity index is 1.51. The second kappa shape index (κ2) is 7.59. The summed E-state index contributed by atoms with van der Waals surface area (Å²) in [5.74, 6) is 0.617. The Morgan fingerprint density at radius 3 is 2.38 bits per heavy atom. The van der Waals surface area contributed by atoms with Crippen LogP contribution in [0.5, 0.6) is 0 Å². The van der Waals surface area contributed by atoms with E-state index in [1.54, 1.807) is 12.1 Å². The van der Waals surface area contributed by atoms with Crippen molar-refractivity contribution in [2.45, 2.75) is 13.0 Å². The van der Waals surface area contributed by atoms with Gasteiger partial charge in [0.05, 0.1) is 13.0 Å². The van der Waals surface area contributed by atoms with E-state index >= 15 is 0 Å². The summed E-state index contributed by atoms with van der Waals surface area (Å²) in [7, 11) is 0. The van der Waals surface area contributed by atoms with Gasteiger partial charge in [0.1, 0.15) is 17.3 Å². The lowest BCUT2D eigenvalue weighted by atomic mass is 10.2. The summed E-state index contributed by atoms with van der Waals surface area (Å²) in [5.41, 5.74) is 0.862. The molecule has 0 unspecified atom stereocenters. The van der Waals surface area contributed by atoms with Crippen LogP contribution in [0.15, 0.2) is 40.8 Å². The fourth-order valence-corrected chi connectivity index (χ4v) is 2.88. The van der Waals surface area contributed by atoms with E-state index in [1.807, 2.05) is 12.1 Å². The summed E-state index contributed by atoms with van der Waals surface area (Å²) < 4.78 is 18.8. The number of carboxylic acid groups (broad SMARTS) is 1. The number of piperazine rings is 1. The molecule has 3 rings (SSSR count). The molecule has 6 heteroatoms. The minimum Gasteiger partial charge on any atom is -0.481 e. The van der Waals surface area contributed by atoms with E-state index < -0.39 is 5.97 Å². The monoisotopic (exact) mass is 332 g/mol. The predicted octanol–water partition coefficient (Wildman–Crippen LogP) is 2.68. The molecule has 2 heterocycles. The zero-order valence-electron chi connectivity index (χ0n) is 13.4. The molecule has 0 radical (unpaired) electrons. The third-order valence-electron chi connectivity index (χ3n) is 4.28. The van der Waals surface area contributed by atoms with Crippen molar-refractivity contribution in [3.63, 3.8) is 0 Å². The first-order valence-corrected chi connectivity index (χ1v) is 8.11. The average molecular weight is 332 g/mol. The minimum atomic E-state index is -0.749. The lowest BCUT2D eigenvalue weighted by Crippen LogP contribution is -2.46. The molecule has 1 aromatic carbocycles. The van der Waals surface area contributed by atoms with Gasteiger partial charge in [0.2, 0.25) is 0 Å². The van der Waals surface area contributed by atoms with Crippen molar-refractivity contribution in [2.24, 2.45) is 0 Å². The van der Waals surface area contributed by atoms with Gasteiger partial charge in [0.15, 0.2) is 0 Å². The van der Waals surface area contributed by atoms with Gasteiger partial charge in [-0.3, -0.25) is 9.69 Å². The number of halogens is 1. The van der Waals surface area contributed by atoms with Crippen LogP contribution in [0, 0.1) is 5.82 Å². The van der Waals surface area contributed by atoms with Gasteiger partial charge in [-0.15, -0.1) is 0 Å². The Kier molecular flexibility index (Phi) is 5.27. The summed E-state index contributed by atoms with van der Waals surface area (Å²) >= 11 is 0. The van der Waals surface area contributed by atoms with E-state index in [2.05, 4.69) is 9.80 Å². The number of nitrogens with zero attached hydrogens (tertiary/aromatic N) is 2. The van der Waals surface area contributed by atoms with Crippen LogP contribution >= 0.6 is 0 Å². The molecule has 1 N–H and O–H groups in total. The maximum atomic E-state index is 13.0. The second-order valence-corrected chi connectivity index (χ2v) is 6.03. The molecule has 1 aliphatic heterocycles. The van der Waals surface area contributed by atoms with Crippen LogP contribution in [-0.4, -0.2) is 53.6 Å². The van der Waals surface area contributed by atoms with Crippen molar-refractivity contribution in [3.8, 4) is 11.3 Å². The van der Waals surface area contributed by atoms with E-state index in [4.69, 9.17) is 9.52 Å². The Morgan fingerprint density at radius 2 is 1.71 bits per heavy atom. The standard InChI is InChI=1S/C18H21FN2O3/c19-15-3-1-14(2-4-15)17-6-5-16(24-17)13-21-11-9-20(10-12-21)8-7-18(22)23/h1-6H,7-13H2,(H,22,23). The first kappa shape index (κ1) is 16.7. The highest BCUT2D eigenvalue weighted by Crippen LogP contribution is 2.23. The number of furan rings is 1. The van der Waals surface area contributed by atoms with Gasteiger partial charge < -0.3 is 14.4 Å². The molecule has 1 aromatic heterocycles. The van der Waals surface area contributed by atoms with Crippen LogP contribution < -0.4 is 0 Å². The number of carbonyl (C=O) groups is 1. The van der Waals surface area contributed by atoms with Crippen LogP contribution in [-0.2, 0) is 11.3 Å². The summed E-state index contributed by atoms with van der Waals surface area (Å²) in [6.45, 7) is 4.88. The second-order valence-electron chi connectivity index (χ2n) is 6.03. The topological polar surface area (TPSA) is 56.9 Å². The minimum absolute atomic E-state index is 0.194. The van der Waals surface area contributed by atoms with Gasteiger partial charge in [-0.2, -0.15) is 0 Å². The molecular weight excluding hydrogens is 311 g/mol. The molecule has 24 heavy (non-hydrogen) atoms. The Bertz CT molecular complexity index is 676. The van der Waals surface area contributed by atoms with Crippen LogP contribution in [0.1, 0.15) is 12.2 Å². The third-order valence-corrected chi connectivity index (χ3v) is 4.28. The third kappa shape index (κ3) is 4.43. The van der Waals surface area contributed by atoms with Crippen LogP contribution in [0.25, 0.3) is 11.3 Å². The van der Waals surface area contributed by atoms with Crippen molar-refractivity contribution < 1.29 is 18.7 Å². The number of carboxylic acids is 1. The van der Waals surface area contributed by atoms with Crippen molar-refractivity contribution >= 4 is 5.97 Å². The zero-order chi connectivity index (χ0) is 16.9. The van der Waals surface area contributed by atoms with E-state index in [-0.39, 0.29) is 12.2 Å². The normalized spacial score (nSPS) is 16.4. The lowest BCUT2D eigenvalue weighted by molar-refractivity contribution is -0.137. The largest absolute Gasteiger partial charge is 0.481 e. The summed E-state index contributed by atoms with van der Waals surface area (Å²) in [4.78, 5) is 15.1. The van der Waals surface area contributed by atoms with E-state index in [0.717, 1.165) is 49.8 Å². The number of hydrogen-bond donors (Lipinski definition) is 1. The predicted molar refractivity (Wildman–Crippen MR) is 88.1 cm³/mol. The van der Waals surface area contributed by atoms with Crippen molar-refractivity contribution in [2.75, 3.05) is 32.7 Å². The fraction of sp³-hybridized carbons (Fsp3) is 0.389. The SMILES string of the molecule is O=C(O)CCN1CCN(Cc2ccc(-c3ccc(F)cc3)o2)CC1. The van der Waals surface area contributed by atoms with E-state index in [9.17, 15) is 9.18 Å². The summed E-state index contributed by atoms with van der Waals surface area (Å²) in [5, 5.41) is 8.73. The molecule has 0 atom stereocenters. The number of hydrogen-bond acceptors (Lipinski definition) is 4. The molecule has 0 aliphatic carbocycles. The molecular formula is C18H21FN2O3. The molecule has 5 nitrogen and oxygen atoms in total. The molecule has 1 aliphatic rings. The average Bonchev–Trinajstić information content (AvgIpc) is 3.03. The van der Waals surface area contributed by atoms with Gasteiger partial charge in [-0.25, -0.2) is 4.39 Å². The molecule has 0 saturated carbocycles. The number of rotatable bonds is 6. The Hall–Kier alpha value is -2.18. The van der Waals surface area contributed by atoms with Crippen LogP contribution in [0.2, 0.25) is 0 Å². The molecule has 0 amide bonds. The molecule has 1 saturated heterocycles. The quantitative estimate of drug-likeness (QED) is 0.881. The molecule has 128 valence electrons. The highest BCUT2D eigenvalue weighted by Gasteiger charge is 2.18. The lowest BCUT2D eigenvalue weighted by Gasteiger charge is -2.33.